The number of nitrogen functional groups attached to an aromatic ring is 1. The maximum atomic E-state index is 5.75. The van der Waals surface area contributed by atoms with Crippen LogP contribution in [-0.2, 0) is 0 Å². The van der Waals surface area contributed by atoms with E-state index in [4.69, 9.17) is 5.73 Å². The highest BCUT2D eigenvalue weighted by Gasteiger charge is 2.31. The summed E-state index contributed by atoms with van der Waals surface area (Å²) >= 11 is 0. The van der Waals surface area contributed by atoms with E-state index >= 15 is 0 Å². The summed E-state index contributed by atoms with van der Waals surface area (Å²) in [6.45, 7) is 8.80. The second-order valence-electron chi connectivity index (χ2n) is 5.17. The van der Waals surface area contributed by atoms with Gasteiger partial charge in [-0.1, -0.05) is 27.7 Å². The Labute approximate surface area is 113 Å². The van der Waals surface area contributed by atoms with Gasteiger partial charge in [0.25, 0.3) is 0 Å². The van der Waals surface area contributed by atoms with Crippen molar-refractivity contribution in [1.29, 1.82) is 0 Å². The van der Waals surface area contributed by atoms with E-state index in [1.807, 2.05) is 0 Å². The maximum absolute atomic E-state index is 5.75. The van der Waals surface area contributed by atoms with Gasteiger partial charge >= 0.3 is 0 Å². The zero-order chi connectivity index (χ0) is 14.0. The predicted octanol–water partition coefficient (Wildman–Crippen LogP) is 2.56. The number of imidazole rings is 1. The van der Waals surface area contributed by atoms with E-state index in [2.05, 4.69) is 52.9 Å². The minimum atomic E-state index is -0.00727. The van der Waals surface area contributed by atoms with Crippen LogP contribution in [0, 0.1) is 5.92 Å². The third-order valence-corrected chi connectivity index (χ3v) is 4.03. The Morgan fingerprint density at radius 3 is 2.58 bits per heavy atom. The molecule has 0 bridgehead atoms. The lowest BCUT2D eigenvalue weighted by molar-refractivity contribution is 0.319. The molecule has 2 aromatic heterocycles. The van der Waals surface area contributed by atoms with Gasteiger partial charge in [0.05, 0.1) is 6.33 Å². The number of nitrogens with zero attached hydrogens (tertiary/aromatic N) is 3. The maximum Gasteiger partial charge on any atom is 0.224 e. The first-order valence-corrected chi connectivity index (χ1v) is 6.77. The SMILES string of the molecule is CCC(CC)(Nc1nc(N)nc2[nH]cnc12)C(C)C. The van der Waals surface area contributed by atoms with Crippen molar-refractivity contribution in [2.45, 2.75) is 46.1 Å². The van der Waals surface area contributed by atoms with E-state index in [-0.39, 0.29) is 11.5 Å². The molecule has 0 aliphatic heterocycles. The Hall–Kier alpha value is -1.85. The second kappa shape index (κ2) is 5.03. The minimum Gasteiger partial charge on any atom is -0.368 e. The van der Waals surface area contributed by atoms with Crippen LogP contribution in [0.15, 0.2) is 6.33 Å². The molecule has 6 heteroatoms. The number of nitrogens with two attached hydrogens (primary N) is 1. The van der Waals surface area contributed by atoms with Crippen molar-refractivity contribution in [2.24, 2.45) is 5.92 Å². The van der Waals surface area contributed by atoms with Gasteiger partial charge in [0.1, 0.15) is 5.52 Å². The Bertz CT molecular complexity index is 555. The van der Waals surface area contributed by atoms with Crippen LogP contribution < -0.4 is 11.1 Å². The van der Waals surface area contributed by atoms with Gasteiger partial charge in [0, 0.05) is 5.54 Å². The van der Waals surface area contributed by atoms with Crippen molar-refractivity contribution in [3.63, 3.8) is 0 Å². The van der Waals surface area contributed by atoms with Crippen LogP contribution in [0.3, 0.4) is 0 Å². The van der Waals surface area contributed by atoms with Gasteiger partial charge in [-0.25, -0.2) is 4.98 Å². The summed E-state index contributed by atoms with van der Waals surface area (Å²) in [5.74, 6) is 1.44. The lowest BCUT2D eigenvalue weighted by atomic mass is 9.81. The number of anilines is 2. The molecule has 2 rings (SSSR count). The van der Waals surface area contributed by atoms with Crippen LogP contribution in [0.4, 0.5) is 11.8 Å². The van der Waals surface area contributed by atoms with E-state index in [9.17, 15) is 0 Å². The fraction of sp³-hybridized carbons (Fsp3) is 0.615. The van der Waals surface area contributed by atoms with Crippen LogP contribution >= 0.6 is 0 Å². The fourth-order valence-electron chi connectivity index (χ4n) is 2.56. The number of H-pyrrole nitrogens is 1. The molecule has 104 valence electrons. The van der Waals surface area contributed by atoms with Crippen molar-refractivity contribution >= 4 is 22.9 Å². The molecule has 0 aliphatic rings. The Kier molecular flexibility index (Phi) is 3.59. The molecular weight excluding hydrogens is 240 g/mol. The molecule has 0 fully saturated rings. The van der Waals surface area contributed by atoms with Crippen LogP contribution in [0.5, 0.6) is 0 Å². The van der Waals surface area contributed by atoms with E-state index in [1.54, 1.807) is 6.33 Å². The Morgan fingerprint density at radius 2 is 2.00 bits per heavy atom. The van der Waals surface area contributed by atoms with Gasteiger partial charge in [0.15, 0.2) is 11.5 Å². The lowest BCUT2D eigenvalue weighted by Gasteiger charge is -2.37. The van der Waals surface area contributed by atoms with Crippen LogP contribution in [0.25, 0.3) is 11.2 Å². The minimum absolute atomic E-state index is 0.00727. The quantitative estimate of drug-likeness (QED) is 0.770. The van der Waals surface area contributed by atoms with Gasteiger partial charge in [0.2, 0.25) is 5.95 Å². The first-order valence-electron chi connectivity index (χ1n) is 6.77. The largest absolute Gasteiger partial charge is 0.368 e. The lowest BCUT2D eigenvalue weighted by Crippen LogP contribution is -2.42. The molecule has 2 aromatic rings. The first kappa shape index (κ1) is 13.6. The molecule has 0 amide bonds. The molecule has 2 heterocycles. The molecule has 4 N–H and O–H groups in total. The first-order chi connectivity index (χ1) is 9.02. The predicted molar refractivity (Wildman–Crippen MR) is 77.9 cm³/mol. The van der Waals surface area contributed by atoms with E-state index in [0.717, 1.165) is 18.4 Å². The van der Waals surface area contributed by atoms with Crippen molar-refractivity contribution in [2.75, 3.05) is 11.1 Å². The smallest absolute Gasteiger partial charge is 0.224 e. The summed E-state index contributed by atoms with van der Waals surface area (Å²) in [5, 5.41) is 3.55. The van der Waals surface area contributed by atoms with Gasteiger partial charge in [-0.3, -0.25) is 0 Å². The van der Waals surface area contributed by atoms with Crippen LogP contribution in [0.1, 0.15) is 40.5 Å². The molecule has 0 aliphatic carbocycles. The van der Waals surface area contributed by atoms with Crippen LogP contribution in [-0.4, -0.2) is 25.5 Å². The average molecular weight is 262 g/mol. The monoisotopic (exact) mass is 262 g/mol. The Balaban J connectivity index is 2.47. The molecule has 6 nitrogen and oxygen atoms in total. The molecule has 0 radical (unpaired) electrons. The zero-order valence-corrected chi connectivity index (χ0v) is 12.0. The molecule has 0 unspecified atom stereocenters. The van der Waals surface area contributed by atoms with Gasteiger partial charge < -0.3 is 16.0 Å². The number of hydrogen-bond donors (Lipinski definition) is 3. The van der Waals surface area contributed by atoms with Crippen molar-refractivity contribution < 1.29 is 0 Å². The third kappa shape index (κ3) is 2.34. The highest BCUT2D eigenvalue weighted by Crippen LogP contribution is 2.31. The molecule has 0 atom stereocenters. The van der Waals surface area contributed by atoms with Crippen molar-refractivity contribution in [3.05, 3.63) is 6.33 Å². The highest BCUT2D eigenvalue weighted by molar-refractivity contribution is 5.83. The number of fused-ring (bicyclic) bond motifs is 1. The summed E-state index contributed by atoms with van der Waals surface area (Å²) in [4.78, 5) is 15.7. The standard InChI is InChI=1S/C13H22N6/c1-5-13(6-2,8(3)4)19-11-9-10(16-7-15-9)17-12(14)18-11/h7-8H,5-6H2,1-4H3,(H4,14,15,16,17,18,19). The summed E-state index contributed by atoms with van der Waals surface area (Å²) < 4.78 is 0. The zero-order valence-electron chi connectivity index (χ0n) is 12.0. The molecule has 0 saturated heterocycles. The summed E-state index contributed by atoms with van der Waals surface area (Å²) in [6.07, 6.45) is 3.63. The highest BCUT2D eigenvalue weighted by atomic mass is 15.2. The van der Waals surface area contributed by atoms with Crippen LogP contribution in [0.2, 0.25) is 0 Å². The number of nitrogens with one attached hydrogen (secondary N) is 2. The van der Waals surface area contributed by atoms with Crippen molar-refractivity contribution in [3.8, 4) is 0 Å². The van der Waals surface area contributed by atoms with E-state index in [1.165, 1.54) is 0 Å². The molecule has 0 saturated carbocycles. The topological polar surface area (TPSA) is 92.5 Å². The molecule has 19 heavy (non-hydrogen) atoms. The number of hydrogen-bond acceptors (Lipinski definition) is 5. The van der Waals surface area contributed by atoms with Gasteiger partial charge in [-0.05, 0) is 18.8 Å². The summed E-state index contributed by atoms with van der Waals surface area (Å²) in [7, 11) is 0. The number of rotatable bonds is 5. The summed E-state index contributed by atoms with van der Waals surface area (Å²) in [6, 6.07) is 0. The molecule has 0 aromatic carbocycles. The molecule has 0 spiro atoms. The van der Waals surface area contributed by atoms with Gasteiger partial charge in [-0.2, -0.15) is 9.97 Å². The van der Waals surface area contributed by atoms with Crippen molar-refractivity contribution in [1.82, 2.24) is 19.9 Å². The number of aromatic nitrogens is 4. The second-order valence-corrected chi connectivity index (χ2v) is 5.17. The third-order valence-electron chi connectivity index (χ3n) is 4.03. The van der Waals surface area contributed by atoms with E-state index in [0.29, 0.717) is 17.4 Å². The fourth-order valence-corrected chi connectivity index (χ4v) is 2.56. The van der Waals surface area contributed by atoms with E-state index < -0.39 is 0 Å². The normalized spacial score (nSPS) is 12.3. The Morgan fingerprint density at radius 1 is 1.32 bits per heavy atom. The number of aromatic amines is 1. The summed E-state index contributed by atoms with van der Waals surface area (Å²) in [5.41, 5.74) is 7.15. The molecular formula is C13H22N6. The van der Waals surface area contributed by atoms with Gasteiger partial charge in [-0.15, -0.1) is 0 Å². The average Bonchev–Trinajstić information content (AvgIpc) is 2.83.